The zero-order valence-corrected chi connectivity index (χ0v) is 15.0. The molecule has 2 amide bonds. The van der Waals surface area contributed by atoms with Crippen LogP contribution >= 0.6 is 0 Å². The minimum Gasteiger partial charge on any atom is -0.452 e. The maximum absolute atomic E-state index is 12.0. The molecule has 0 saturated carbocycles. The highest BCUT2D eigenvalue weighted by Gasteiger charge is 2.10. The number of benzene rings is 1. The van der Waals surface area contributed by atoms with Gasteiger partial charge in [-0.05, 0) is 38.8 Å². The van der Waals surface area contributed by atoms with Crippen LogP contribution in [0.5, 0.6) is 0 Å². The molecule has 0 aliphatic rings. The second-order valence-electron chi connectivity index (χ2n) is 5.59. The quantitative estimate of drug-likeness (QED) is 0.452. The number of nitrogens with one attached hydrogen (secondary N) is 2. The lowest BCUT2D eigenvalue weighted by Crippen LogP contribution is -2.35. The molecule has 0 aromatic heterocycles. The normalized spacial score (nSPS) is 10.9. The first-order valence-electron chi connectivity index (χ1n) is 7.94. The van der Waals surface area contributed by atoms with Gasteiger partial charge in [0.2, 0.25) is 5.91 Å². The van der Waals surface area contributed by atoms with Crippen molar-refractivity contribution in [2.45, 2.75) is 27.7 Å². The molecule has 0 unspecified atom stereocenters. The average Bonchev–Trinajstić information content (AvgIpc) is 2.54. The lowest BCUT2D eigenvalue weighted by Gasteiger charge is -2.13. The van der Waals surface area contributed by atoms with E-state index in [4.69, 9.17) is 4.74 Å². The molecular formula is C19H24N2O4. The van der Waals surface area contributed by atoms with Gasteiger partial charge in [0.25, 0.3) is 5.91 Å². The zero-order chi connectivity index (χ0) is 18.8. The molecule has 1 rings (SSSR count). The van der Waals surface area contributed by atoms with E-state index in [1.54, 1.807) is 12.2 Å². The number of hydrogen-bond donors (Lipinski definition) is 2. The number of amides is 2. The van der Waals surface area contributed by atoms with Crippen molar-refractivity contribution in [1.82, 2.24) is 5.32 Å². The Morgan fingerprint density at radius 3 is 2.28 bits per heavy atom. The number of rotatable bonds is 7. The van der Waals surface area contributed by atoms with Gasteiger partial charge in [0.05, 0.1) is 6.54 Å². The van der Waals surface area contributed by atoms with Crippen molar-refractivity contribution in [3.8, 4) is 0 Å². The van der Waals surface area contributed by atoms with Crippen molar-refractivity contribution in [3.63, 3.8) is 0 Å². The molecule has 1 aromatic carbocycles. The Morgan fingerprint density at radius 2 is 1.68 bits per heavy atom. The van der Waals surface area contributed by atoms with Gasteiger partial charge >= 0.3 is 5.97 Å². The lowest BCUT2D eigenvalue weighted by atomic mass is 10.1. The van der Waals surface area contributed by atoms with Crippen LogP contribution in [0.25, 0.3) is 0 Å². The molecule has 134 valence electrons. The van der Waals surface area contributed by atoms with E-state index in [-0.39, 0.29) is 12.5 Å². The van der Waals surface area contributed by atoms with E-state index >= 15 is 0 Å². The van der Waals surface area contributed by atoms with Crippen LogP contribution in [-0.4, -0.2) is 30.9 Å². The number of ether oxygens (including phenoxy) is 1. The van der Waals surface area contributed by atoms with Gasteiger partial charge < -0.3 is 15.4 Å². The molecule has 0 saturated heterocycles. The molecule has 2 N–H and O–H groups in total. The fourth-order valence-electron chi connectivity index (χ4n) is 2.22. The zero-order valence-electron chi connectivity index (χ0n) is 15.0. The Hall–Kier alpha value is -2.89. The van der Waals surface area contributed by atoms with E-state index < -0.39 is 18.5 Å². The molecule has 0 radical (unpaired) electrons. The standard InChI is InChI=1S/C19H24N2O4/c1-5-6-7-8-18(24)25-12-17(23)20-11-16(22)21-19-14(3)9-13(2)10-15(19)4/h5-10H,11-12H2,1-4H3,(H,20,23)(H,21,22)/b6-5+,8-7+. The smallest absolute Gasteiger partial charge is 0.331 e. The summed E-state index contributed by atoms with van der Waals surface area (Å²) in [5.74, 6) is -1.51. The largest absolute Gasteiger partial charge is 0.452 e. The summed E-state index contributed by atoms with van der Waals surface area (Å²) in [6.45, 7) is 6.99. The monoisotopic (exact) mass is 344 g/mol. The summed E-state index contributed by atoms with van der Waals surface area (Å²) < 4.78 is 4.75. The summed E-state index contributed by atoms with van der Waals surface area (Å²) in [5, 5.41) is 5.19. The third kappa shape index (κ3) is 7.48. The summed E-state index contributed by atoms with van der Waals surface area (Å²) in [7, 11) is 0. The average molecular weight is 344 g/mol. The summed E-state index contributed by atoms with van der Waals surface area (Å²) in [5.41, 5.74) is 3.77. The summed E-state index contributed by atoms with van der Waals surface area (Å²) in [6.07, 6.45) is 6.15. The number of carbonyl (C=O) groups excluding carboxylic acids is 3. The van der Waals surface area contributed by atoms with Gasteiger partial charge in [-0.15, -0.1) is 0 Å². The fourth-order valence-corrected chi connectivity index (χ4v) is 2.22. The molecule has 6 nitrogen and oxygen atoms in total. The third-order valence-corrected chi connectivity index (χ3v) is 3.27. The molecule has 1 aromatic rings. The lowest BCUT2D eigenvalue weighted by molar-refractivity contribution is -0.143. The fraction of sp³-hybridized carbons (Fsp3) is 0.316. The minimum absolute atomic E-state index is 0.197. The van der Waals surface area contributed by atoms with E-state index in [2.05, 4.69) is 10.6 Å². The van der Waals surface area contributed by atoms with Crippen LogP contribution in [-0.2, 0) is 19.1 Å². The maximum Gasteiger partial charge on any atom is 0.331 e. The second kappa shape index (κ2) is 10.1. The molecule has 0 spiro atoms. The Morgan fingerprint density at radius 1 is 1.04 bits per heavy atom. The van der Waals surface area contributed by atoms with Gasteiger partial charge in [0.15, 0.2) is 6.61 Å². The van der Waals surface area contributed by atoms with Crippen molar-refractivity contribution in [1.29, 1.82) is 0 Å². The van der Waals surface area contributed by atoms with Gasteiger partial charge in [-0.2, -0.15) is 0 Å². The number of esters is 1. The van der Waals surface area contributed by atoms with E-state index in [1.165, 1.54) is 12.2 Å². The van der Waals surface area contributed by atoms with Gasteiger partial charge in [0, 0.05) is 11.8 Å². The van der Waals surface area contributed by atoms with Crippen molar-refractivity contribution < 1.29 is 19.1 Å². The van der Waals surface area contributed by atoms with Gasteiger partial charge in [-0.3, -0.25) is 9.59 Å². The highest BCUT2D eigenvalue weighted by Crippen LogP contribution is 2.21. The van der Waals surface area contributed by atoms with Crippen LogP contribution in [0.2, 0.25) is 0 Å². The van der Waals surface area contributed by atoms with E-state index in [0.29, 0.717) is 0 Å². The first kappa shape index (κ1) is 20.2. The summed E-state index contributed by atoms with van der Waals surface area (Å²) >= 11 is 0. The summed E-state index contributed by atoms with van der Waals surface area (Å²) in [6, 6.07) is 3.95. The van der Waals surface area contributed by atoms with Crippen LogP contribution in [0.4, 0.5) is 5.69 Å². The molecule has 0 aliphatic heterocycles. The van der Waals surface area contributed by atoms with Crippen LogP contribution in [0.1, 0.15) is 23.6 Å². The first-order chi connectivity index (χ1) is 11.8. The van der Waals surface area contributed by atoms with Gasteiger partial charge in [-0.1, -0.05) is 35.9 Å². The number of carbonyl (C=O) groups is 3. The van der Waals surface area contributed by atoms with Gasteiger partial charge in [0.1, 0.15) is 0 Å². The topological polar surface area (TPSA) is 84.5 Å². The predicted molar refractivity (Wildman–Crippen MR) is 97.2 cm³/mol. The molecule has 0 atom stereocenters. The molecule has 6 heteroatoms. The highest BCUT2D eigenvalue weighted by molar-refractivity contribution is 5.96. The first-order valence-corrected chi connectivity index (χ1v) is 7.94. The van der Waals surface area contributed by atoms with Crippen LogP contribution in [0.3, 0.4) is 0 Å². The predicted octanol–water partition coefficient (Wildman–Crippen LogP) is 2.34. The maximum atomic E-state index is 12.0. The Balaban J connectivity index is 2.41. The van der Waals surface area contributed by atoms with Crippen LogP contribution in [0.15, 0.2) is 36.4 Å². The minimum atomic E-state index is -0.622. The molecule has 0 bridgehead atoms. The Bertz CT molecular complexity index is 682. The molecule has 0 aliphatic carbocycles. The number of aryl methyl sites for hydroxylation is 3. The Labute approximate surface area is 147 Å². The van der Waals surface area contributed by atoms with Gasteiger partial charge in [-0.25, -0.2) is 4.79 Å². The second-order valence-corrected chi connectivity index (χ2v) is 5.59. The SMILES string of the molecule is C/C=C/C=C/C(=O)OCC(=O)NCC(=O)Nc1c(C)cc(C)cc1C. The van der Waals surface area contributed by atoms with E-state index in [1.807, 2.05) is 39.8 Å². The van der Waals surface area contributed by atoms with E-state index in [9.17, 15) is 14.4 Å². The van der Waals surface area contributed by atoms with E-state index in [0.717, 1.165) is 22.4 Å². The highest BCUT2D eigenvalue weighted by atomic mass is 16.5. The molecule has 25 heavy (non-hydrogen) atoms. The van der Waals surface area contributed by atoms with Crippen molar-refractivity contribution >= 4 is 23.5 Å². The number of hydrogen-bond acceptors (Lipinski definition) is 4. The molecule has 0 fully saturated rings. The summed E-state index contributed by atoms with van der Waals surface area (Å²) in [4.78, 5) is 34.9. The number of anilines is 1. The van der Waals surface area contributed by atoms with Crippen LogP contribution < -0.4 is 10.6 Å². The van der Waals surface area contributed by atoms with Crippen molar-refractivity contribution in [2.75, 3.05) is 18.5 Å². The number of allylic oxidation sites excluding steroid dienone is 3. The third-order valence-electron chi connectivity index (χ3n) is 3.27. The van der Waals surface area contributed by atoms with Crippen molar-refractivity contribution in [2.24, 2.45) is 0 Å². The Kier molecular flexibility index (Phi) is 8.12. The van der Waals surface area contributed by atoms with Crippen molar-refractivity contribution in [3.05, 3.63) is 53.1 Å². The van der Waals surface area contributed by atoms with Crippen LogP contribution in [0, 0.1) is 20.8 Å². The molecular weight excluding hydrogens is 320 g/mol. The molecule has 0 heterocycles.